The lowest BCUT2D eigenvalue weighted by molar-refractivity contribution is 0.511. The van der Waals surface area contributed by atoms with Crippen LogP contribution in [0.2, 0.25) is 19.6 Å². The molecule has 0 unspecified atom stereocenters. The Morgan fingerprint density at radius 1 is 1.05 bits per heavy atom. The fourth-order valence-electron chi connectivity index (χ4n) is 2.07. The number of hydrogen-bond donors (Lipinski definition) is 0. The van der Waals surface area contributed by atoms with Crippen molar-refractivity contribution in [3.05, 3.63) is 41.5 Å². The molecule has 0 bridgehead atoms. The number of unbranched alkanes of at least 4 members (excludes halogenated alkanes) is 4. The van der Waals surface area contributed by atoms with Crippen molar-refractivity contribution in [2.45, 2.75) is 65.6 Å². The fourth-order valence-corrected chi connectivity index (χ4v) is 2.93. The van der Waals surface area contributed by atoms with Crippen molar-refractivity contribution in [2.24, 2.45) is 0 Å². The molecule has 0 aliphatic heterocycles. The second kappa shape index (κ2) is 8.31. The highest BCUT2D eigenvalue weighted by atomic mass is 28.4. The lowest BCUT2D eigenvalue weighted by Gasteiger charge is -2.22. The standard InChI is InChI=1S/C18H30OSi/c1-6-7-8-9-10-11-18(19-20(3,4)5)17-14-12-16(2)13-15-17/h11-15H,6-10H2,1-5H3/b18-11-. The Labute approximate surface area is 126 Å². The van der Waals surface area contributed by atoms with Crippen LogP contribution in [0.1, 0.15) is 50.2 Å². The number of benzene rings is 1. The number of hydrogen-bond acceptors (Lipinski definition) is 1. The van der Waals surface area contributed by atoms with Gasteiger partial charge in [-0.2, -0.15) is 0 Å². The van der Waals surface area contributed by atoms with Crippen LogP contribution in [0, 0.1) is 6.92 Å². The van der Waals surface area contributed by atoms with Crippen LogP contribution >= 0.6 is 0 Å². The molecule has 112 valence electrons. The van der Waals surface area contributed by atoms with E-state index in [0.717, 1.165) is 12.2 Å². The SMILES string of the molecule is CCCCCC/C=C(\O[Si](C)(C)C)c1ccc(C)cc1. The highest BCUT2D eigenvalue weighted by Gasteiger charge is 2.18. The molecule has 2 heteroatoms. The Kier molecular flexibility index (Phi) is 7.07. The molecule has 0 atom stereocenters. The van der Waals surface area contributed by atoms with Crippen LogP contribution in [-0.4, -0.2) is 8.32 Å². The summed E-state index contributed by atoms with van der Waals surface area (Å²) in [5, 5.41) is 0. The molecule has 1 aromatic carbocycles. The molecule has 0 aliphatic carbocycles. The molecule has 0 saturated heterocycles. The van der Waals surface area contributed by atoms with Gasteiger partial charge in [0, 0.05) is 5.56 Å². The molecular formula is C18H30OSi. The largest absolute Gasteiger partial charge is 0.544 e. The molecule has 0 saturated carbocycles. The van der Waals surface area contributed by atoms with Crippen molar-refractivity contribution in [3.8, 4) is 0 Å². The van der Waals surface area contributed by atoms with Crippen LogP contribution in [-0.2, 0) is 4.43 Å². The molecule has 0 N–H and O–H groups in total. The van der Waals surface area contributed by atoms with Crippen molar-refractivity contribution in [2.75, 3.05) is 0 Å². The molecule has 0 spiro atoms. The van der Waals surface area contributed by atoms with E-state index in [1.54, 1.807) is 0 Å². The molecule has 1 rings (SSSR count). The fraction of sp³-hybridized carbons (Fsp3) is 0.556. The monoisotopic (exact) mass is 290 g/mol. The van der Waals surface area contributed by atoms with Gasteiger partial charge in [-0.25, -0.2) is 0 Å². The second-order valence-corrected chi connectivity index (χ2v) is 10.9. The Bertz CT molecular complexity index is 412. The summed E-state index contributed by atoms with van der Waals surface area (Å²) in [5.74, 6) is 1.08. The minimum Gasteiger partial charge on any atom is -0.544 e. The summed E-state index contributed by atoms with van der Waals surface area (Å²) in [6.07, 6.45) is 8.62. The maximum atomic E-state index is 6.27. The van der Waals surface area contributed by atoms with Crippen LogP contribution in [0.4, 0.5) is 0 Å². The number of aryl methyl sites for hydroxylation is 1. The summed E-state index contributed by atoms with van der Waals surface area (Å²) >= 11 is 0. The van der Waals surface area contributed by atoms with Crippen molar-refractivity contribution >= 4 is 14.1 Å². The zero-order valence-electron chi connectivity index (χ0n) is 13.8. The normalized spacial score (nSPS) is 12.6. The van der Waals surface area contributed by atoms with E-state index in [-0.39, 0.29) is 0 Å². The van der Waals surface area contributed by atoms with Gasteiger partial charge >= 0.3 is 0 Å². The van der Waals surface area contributed by atoms with Crippen molar-refractivity contribution in [1.29, 1.82) is 0 Å². The third-order valence-corrected chi connectivity index (χ3v) is 3.97. The Morgan fingerprint density at radius 2 is 1.70 bits per heavy atom. The third kappa shape index (κ3) is 6.95. The third-order valence-electron chi connectivity index (χ3n) is 3.14. The number of allylic oxidation sites excluding steroid dienone is 1. The summed E-state index contributed by atoms with van der Waals surface area (Å²) in [5.41, 5.74) is 2.51. The first-order chi connectivity index (χ1) is 9.42. The van der Waals surface area contributed by atoms with E-state index in [9.17, 15) is 0 Å². The minimum absolute atomic E-state index is 1.08. The lowest BCUT2D eigenvalue weighted by Crippen LogP contribution is -2.24. The maximum absolute atomic E-state index is 6.27. The predicted molar refractivity (Wildman–Crippen MR) is 92.3 cm³/mol. The molecule has 0 aliphatic rings. The van der Waals surface area contributed by atoms with Crippen LogP contribution in [0.15, 0.2) is 30.3 Å². The summed E-state index contributed by atoms with van der Waals surface area (Å²) in [6, 6.07) is 8.67. The van der Waals surface area contributed by atoms with Gasteiger partial charge in [0.25, 0.3) is 0 Å². The van der Waals surface area contributed by atoms with Crippen LogP contribution < -0.4 is 0 Å². The zero-order valence-corrected chi connectivity index (χ0v) is 14.8. The van der Waals surface area contributed by atoms with E-state index in [1.807, 2.05) is 0 Å². The molecular weight excluding hydrogens is 260 g/mol. The molecule has 0 radical (unpaired) electrons. The molecule has 0 fully saturated rings. The zero-order chi connectivity index (χ0) is 15.0. The van der Waals surface area contributed by atoms with Gasteiger partial charge < -0.3 is 4.43 Å². The molecule has 0 heterocycles. The van der Waals surface area contributed by atoms with Gasteiger partial charge in [-0.1, -0.05) is 56.0 Å². The topological polar surface area (TPSA) is 9.23 Å². The number of rotatable bonds is 8. The van der Waals surface area contributed by atoms with E-state index in [1.165, 1.54) is 36.8 Å². The highest BCUT2D eigenvalue weighted by Crippen LogP contribution is 2.23. The summed E-state index contributed by atoms with van der Waals surface area (Å²) in [7, 11) is -1.56. The van der Waals surface area contributed by atoms with Crippen LogP contribution in [0.3, 0.4) is 0 Å². The molecule has 1 aromatic rings. The van der Waals surface area contributed by atoms with Gasteiger partial charge in [0.2, 0.25) is 8.32 Å². The second-order valence-electron chi connectivity index (χ2n) is 6.50. The molecule has 0 aromatic heterocycles. The van der Waals surface area contributed by atoms with E-state index >= 15 is 0 Å². The van der Waals surface area contributed by atoms with Gasteiger partial charge in [0.15, 0.2) is 0 Å². The highest BCUT2D eigenvalue weighted by molar-refractivity contribution is 6.70. The Hall–Kier alpha value is -1.02. The minimum atomic E-state index is -1.56. The average molecular weight is 291 g/mol. The van der Waals surface area contributed by atoms with Crippen LogP contribution in [0.5, 0.6) is 0 Å². The van der Waals surface area contributed by atoms with Gasteiger partial charge in [-0.15, -0.1) is 0 Å². The predicted octanol–water partition coefficient (Wildman–Crippen LogP) is 6.16. The van der Waals surface area contributed by atoms with Gasteiger partial charge in [-0.3, -0.25) is 0 Å². The summed E-state index contributed by atoms with van der Waals surface area (Å²) < 4.78 is 6.27. The van der Waals surface area contributed by atoms with Crippen LogP contribution in [0.25, 0.3) is 5.76 Å². The Morgan fingerprint density at radius 3 is 2.25 bits per heavy atom. The first kappa shape index (κ1) is 17.0. The molecule has 0 amide bonds. The lowest BCUT2D eigenvalue weighted by atomic mass is 10.1. The van der Waals surface area contributed by atoms with Gasteiger partial charge in [0.1, 0.15) is 5.76 Å². The van der Waals surface area contributed by atoms with Gasteiger partial charge in [-0.05, 0) is 45.5 Å². The van der Waals surface area contributed by atoms with Gasteiger partial charge in [0.05, 0.1) is 0 Å². The molecule has 1 nitrogen and oxygen atoms in total. The van der Waals surface area contributed by atoms with Crippen molar-refractivity contribution < 1.29 is 4.43 Å². The van der Waals surface area contributed by atoms with Crippen molar-refractivity contribution in [1.82, 2.24) is 0 Å². The quantitative estimate of drug-likeness (QED) is 0.316. The van der Waals surface area contributed by atoms with E-state index in [0.29, 0.717) is 0 Å². The Balaban J connectivity index is 2.74. The van der Waals surface area contributed by atoms with E-state index in [4.69, 9.17) is 4.43 Å². The summed E-state index contributed by atoms with van der Waals surface area (Å²) in [6.45, 7) is 11.1. The van der Waals surface area contributed by atoms with Crippen molar-refractivity contribution in [3.63, 3.8) is 0 Å². The maximum Gasteiger partial charge on any atom is 0.242 e. The first-order valence-electron chi connectivity index (χ1n) is 7.88. The molecule has 20 heavy (non-hydrogen) atoms. The smallest absolute Gasteiger partial charge is 0.242 e. The summed E-state index contributed by atoms with van der Waals surface area (Å²) in [4.78, 5) is 0. The average Bonchev–Trinajstić information content (AvgIpc) is 2.37. The first-order valence-corrected chi connectivity index (χ1v) is 11.3. The van der Waals surface area contributed by atoms with E-state index < -0.39 is 8.32 Å². The van der Waals surface area contributed by atoms with E-state index in [2.05, 4.69) is 63.8 Å².